The molecule has 1 atom stereocenters. The van der Waals surface area contributed by atoms with Gasteiger partial charge in [0, 0.05) is 51.4 Å². The van der Waals surface area contributed by atoms with Crippen molar-refractivity contribution in [2.75, 3.05) is 31.1 Å². The van der Waals surface area contributed by atoms with Crippen LogP contribution in [-0.4, -0.2) is 48.0 Å². The van der Waals surface area contributed by atoms with Crippen molar-refractivity contribution < 1.29 is 13.6 Å². The molecule has 2 rings (SSSR count). The van der Waals surface area contributed by atoms with Crippen molar-refractivity contribution in [2.45, 2.75) is 39.8 Å². The van der Waals surface area contributed by atoms with Crippen molar-refractivity contribution in [1.82, 2.24) is 15.2 Å². The summed E-state index contributed by atoms with van der Waals surface area (Å²) >= 11 is 0. The number of carbonyl (C=O) groups is 1. The number of aromatic nitrogens is 1. The molecular formula is C23H29F2N5O. The minimum Gasteiger partial charge on any atom is -0.352 e. The van der Waals surface area contributed by atoms with Gasteiger partial charge in [-0.15, -0.1) is 0 Å². The summed E-state index contributed by atoms with van der Waals surface area (Å²) in [4.78, 5) is 20.9. The van der Waals surface area contributed by atoms with Crippen LogP contribution in [0.15, 0.2) is 36.5 Å². The Hall–Kier alpha value is -3.05. The van der Waals surface area contributed by atoms with E-state index in [9.17, 15) is 13.6 Å². The summed E-state index contributed by atoms with van der Waals surface area (Å²) in [5.74, 6) is -0.954. The number of anilines is 1. The normalized spacial score (nSPS) is 11.6. The second kappa shape index (κ2) is 12.0. The summed E-state index contributed by atoms with van der Waals surface area (Å²) in [6, 6.07) is 9.43. The van der Waals surface area contributed by atoms with Gasteiger partial charge in [-0.2, -0.15) is 5.26 Å². The Kier molecular flexibility index (Phi) is 9.35. The highest BCUT2D eigenvalue weighted by atomic mass is 19.2. The van der Waals surface area contributed by atoms with E-state index in [2.05, 4.69) is 21.3 Å². The maximum atomic E-state index is 13.3. The molecule has 8 heteroatoms. The maximum absolute atomic E-state index is 13.3. The third kappa shape index (κ3) is 7.00. The van der Waals surface area contributed by atoms with Gasteiger partial charge in [0.25, 0.3) is 0 Å². The van der Waals surface area contributed by atoms with Gasteiger partial charge < -0.3 is 15.1 Å². The second-order valence-corrected chi connectivity index (χ2v) is 7.26. The molecule has 0 aliphatic rings. The van der Waals surface area contributed by atoms with Crippen LogP contribution in [0.4, 0.5) is 14.6 Å². The molecule has 31 heavy (non-hydrogen) atoms. The highest BCUT2D eigenvalue weighted by molar-refractivity contribution is 5.76. The molecule has 1 unspecified atom stereocenters. The Morgan fingerprint density at radius 1 is 1.19 bits per heavy atom. The van der Waals surface area contributed by atoms with E-state index in [1.165, 1.54) is 6.07 Å². The zero-order valence-corrected chi connectivity index (χ0v) is 18.2. The van der Waals surface area contributed by atoms with E-state index >= 15 is 0 Å². The Morgan fingerprint density at radius 2 is 1.97 bits per heavy atom. The van der Waals surface area contributed by atoms with Gasteiger partial charge in [-0.3, -0.25) is 4.79 Å². The minimum atomic E-state index is -0.876. The maximum Gasteiger partial charge on any atom is 0.223 e. The fraction of sp³-hybridized carbons (Fsp3) is 0.435. The number of nitrogens with zero attached hydrogens (tertiary/aromatic N) is 4. The van der Waals surface area contributed by atoms with Gasteiger partial charge in [0.1, 0.15) is 11.9 Å². The van der Waals surface area contributed by atoms with E-state index in [-0.39, 0.29) is 11.9 Å². The van der Waals surface area contributed by atoms with Crippen molar-refractivity contribution >= 4 is 11.7 Å². The highest BCUT2D eigenvalue weighted by Crippen LogP contribution is 2.15. The number of hydrogen-bond acceptors (Lipinski definition) is 5. The Morgan fingerprint density at radius 3 is 2.55 bits per heavy atom. The van der Waals surface area contributed by atoms with Crippen LogP contribution in [0.25, 0.3) is 0 Å². The summed E-state index contributed by atoms with van der Waals surface area (Å²) in [6.45, 7) is 8.67. The lowest BCUT2D eigenvalue weighted by atomic mass is 10.2. The predicted molar refractivity (Wildman–Crippen MR) is 116 cm³/mol. The Balaban J connectivity index is 1.85. The van der Waals surface area contributed by atoms with Gasteiger partial charge >= 0.3 is 0 Å². The first-order valence-electron chi connectivity index (χ1n) is 10.4. The van der Waals surface area contributed by atoms with Crippen LogP contribution >= 0.6 is 0 Å². The molecule has 0 saturated carbocycles. The van der Waals surface area contributed by atoms with Crippen molar-refractivity contribution in [3.63, 3.8) is 0 Å². The van der Waals surface area contributed by atoms with Gasteiger partial charge in [-0.1, -0.05) is 6.07 Å². The lowest BCUT2D eigenvalue weighted by Crippen LogP contribution is -2.45. The molecule has 1 amide bonds. The van der Waals surface area contributed by atoms with E-state index in [1.54, 1.807) is 17.2 Å². The predicted octanol–water partition coefficient (Wildman–Crippen LogP) is 3.47. The fourth-order valence-corrected chi connectivity index (χ4v) is 3.38. The molecule has 166 valence electrons. The largest absolute Gasteiger partial charge is 0.352 e. The van der Waals surface area contributed by atoms with Crippen LogP contribution in [0.2, 0.25) is 0 Å². The van der Waals surface area contributed by atoms with Crippen LogP contribution in [0, 0.1) is 23.0 Å². The van der Waals surface area contributed by atoms with Crippen LogP contribution in [0.3, 0.4) is 0 Å². The van der Waals surface area contributed by atoms with Crippen LogP contribution in [0.5, 0.6) is 0 Å². The average Bonchev–Trinajstić information content (AvgIpc) is 2.78. The van der Waals surface area contributed by atoms with E-state index < -0.39 is 11.6 Å². The average molecular weight is 430 g/mol. The quantitative estimate of drug-likeness (QED) is 0.554. The first-order chi connectivity index (χ1) is 14.9. The number of hydrogen-bond donors (Lipinski definition) is 1. The van der Waals surface area contributed by atoms with E-state index in [1.807, 2.05) is 26.8 Å². The molecule has 0 radical (unpaired) electrons. The van der Waals surface area contributed by atoms with Crippen LogP contribution < -0.4 is 10.2 Å². The van der Waals surface area contributed by atoms with Gasteiger partial charge in [0.2, 0.25) is 5.91 Å². The van der Waals surface area contributed by atoms with Gasteiger partial charge in [0.15, 0.2) is 11.6 Å². The smallest absolute Gasteiger partial charge is 0.223 e. The zero-order valence-electron chi connectivity index (χ0n) is 18.2. The number of benzene rings is 1. The van der Waals surface area contributed by atoms with Crippen molar-refractivity contribution in [2.24, 2.45) is 0 Å². The van der Waals surface area contributed by atoms with Crippen molar-refractivity contribution in [3.8, 4) is 6.07 Å². The molecule has 1 heterocycles. The van der Waals surface area contributed by atoms with Crippen molar-refractivity contribution in [1.29, 1.82) is 5.26 Å². The standard InChI is InChI=1S/C23H29F2N5O/c1-4-29(16-17(3)30(5-2)22-9-7-19(13-26)15-28-22)23(31)10-11-27-14-18-6-8-20(24)21(25)12-18/h6-9,12,15,17,27H,4-5,10-11,14,16H2,1-3H3. The molecule has 0 fully saturated rings. The summed E-state index contributed by atoms with van der Waals surface area (Å²) in [5.41, 5.74) is 1.13. The Bertz CT molecular complexity index is 898. The topological polar surface area (TPSA) is 72.3 Å². The molecule has 2 aromatic rings. The summed E-state index contributed by atoms with van der Waals surface area (Å²) in [7, 11) is 0. The Labute approximate surface area is 182 Å². The van der Waals surface area contributed by atoms with Crippen molar-refractivity contribution in [3.05, 3.63) is 59.3 Å². The number of pyridine rings is 1. The third-order valence-corrected chi connectivity index (χ3v) is 5.09. The van der Waals surface area contributed by atoms with Crippen LogP contribution in [-0.2, 0) is 11.3 Å². The lowest BCUT2D eigenvalue weighted by Gasteiger charge is -2.33. The van der Waals surface area contributed by atoms with E-state index in [0.29, 0.717) is 43.7 Å². The molecule has 0 aliphatic heterocycles. The molecule has 1 aromatic heterocycles. The number of nitrogens with one attached hydrogen (secondary N) is 1. The van der Waals surface area contributed by atoms with Crippen LogP contribution in [0.1, 0.15) is 38.3 Å². The second-order valence-electron chi connectivity index (χ2n) is 7.26. The number of nitriles is 1. The first-order valence-corrected chi connectivity index (χ1v) is 10.4. The minimum absolute atomic E-state index is 0.0241. The number of likely N-dealkylation sites (N-methyl/N-ethyl adjacent to an activating group) is 2. The van der Waals surface area contributed by atoms with E-state index in [0.717, 1.165) is 24.5 Å². The molecule has 1 aromatic carbocycles. The fourth-order valence-electron chi connectivity index (χ4n) is 3.38. The number of rotatable bonds is 11. The molecule has 0 aliphatic carbocycles. The monoisotopic (exact) mass is 429 g/mol. The third-order valence-electron chi connectivity index (χ3n) is 5.09. The van der Waals surface area contributed by atoms with Gasteiger partial charge in [-0.25, -0.2) is 13.8 Å². The highest BCUT2D eigenvalue weighted by Gasteiger charge is 2.20. The lowest BCUT2D eigenvalue weighted by molar-refractivity contribution is -0.131. The van der Waals surface area contributed by atoms with Gasteiger partial charge in [-0.05, 0) is 50.6 Å². The van der Waals surface area contributed by atoms with E-state index in [4.69, 9.17) is 5.26 Å². The van der Waals surface area contributed by atoms with Gasteiger partial charge in [0.05, 0.1) is 5.56 Å². The molecule has 0 bridgehead atoms. The summed E-state index contributed by atoms with van der Waals surface area (Å²) in [5, 5.41) is 12.0. The summed E-state index contributed by atoms with van der Waals surface area (Å²) < 4.78 is 26.2. The molecular weight excluding hydrogens is 400 g/mol. The number of halogens is 2. The number of amides is 1. The molecule has 0 spiro atoms. The SMILES string of the molecule is CCN(CC(C)N(CC)c1ccc(C#N)cn1)C(=O)CCNCc1ccc(F)c(F)c1. The first kappa shape index (κ1) is 24.2. The molecule has 6 nitrogen and oxygen atoms in total. The zero-order chi connectivity index (χ0) is 22.8. The number of carbonyl (C=O) groups excluding carboxylic acids is 1. The summed E-state index contributed by atoms with van der Waals surface area (Å²) in [6.07, 6.45) is 1.86. The molecule has 1 N–H and O–H groups in total. The molecule has 0 saturated heterocycles.